The van der Waals surface area contributed by atoms with E-state index in [9.17, 15) is 0 Å². The highest BCUT2D eigenvalue weighted by molar-refractivity contribution is 7.80. The monoisotopic (exact) mass is 341 g/mol. The van der Waals surface area contributed by atoms with Gasteiger partial charge in [0.15, 0.2) is 5.11 Å². The quantitative estimate of drug-likeness (QED) is 0.827. The fraction of sp³-hybridized carbons (Fsp3) is 0.316. The van der Waals surface area contributed by atoms with Crippen molar-refractivity contribution in [3.63, 3.8) is 0 Å². The van der Waals surface area contributed by atoms with E-state index in [-0.39, 0.29) is 0 Å². The Hall–Kier alpha value is -2.11. The third-order valence-corrected chi connectivity index (χ3v) is 4.43. The molecule has 1 fully saturated rings. The first kappa shape index (κ1) is 16.7. The third kappa shape index (κ3) is 4.04. The number of morpholine rings is 1. The van der Waals surface area contributed by atoms with Gasteiger partial charge in [-0.15, -0.1) is 0 Å². The third-order valence-electron chi connectivity index (χ3n) is 4.22. The van der Waals surface area contributed by atoms with Gasteiger partial charge >= 0.3 is 0 Å². The number of aryl methyl sites for hydroxylation is 2. The first-order valence-electron chi connectivity index (χ1n) is 8.20. The second-order valence-electron chi connectivity index (χ2n) is 5.99. The minimum Gasteiger partial charge on any atom is -0.378 e. The lowest BCUT2D eigenvalue weighted by Gasteiger charge is -2.29. The molecule has 2 aromatic carbocycles. The van der Waals surface area contributed by atoms with Crippen LogP contribution in [-0.2, 0) is 4.74 Å². The van der Waals surface area contributed by atoms with Gasteiger partial charge in [0.2, 0.25) is 0 Å². The smallest absolute Gasteiger partial charge is 0.175 e. The van der Waals surface area contributed by atoms with E-state index >= 15 is 0 Å². The normalized spacial score (nSPS) is 14.3. The number of nitrogens with zero attached hydrogens (tertiary/aromatic N) is 1. The molecule has 0 saturated carbocycles. The van der Waals surface area contributed by atoms with Gasteiger partial charge in [0, 0.05) is 30.2 Å². The van der Waals surface area contributed by atoms with Crippen molar-refractivity contribution in [2.45, 2.75) is 13.8 Å². The molecule has 4 nitrogen and oxygen atoms in total. The summed E-state index contributed by atoms with van der Waals surface area (Å²) in [5.74, 6) is 0. The second-order valence-corrected chi connectivity index (χ2v) is 6.40. The van der Waals surface area contributed by atoms with Crippen LogP contribution in [0.2, 0.25) is 0 Å². The van der Waals surface area contributed by atoms with Gasteiger partial charge in [-0.1, -0.05) is 18.2 Å². The van der Waals surface area contributed by atoms with Crippen LogP contribution in [0.1, 0.15) is 11.1 Å². The minimum atomic E-state index is 0.603. The number of hydrogen-bond donors (Lipinski definition) is 2. The van der Waals surface area contributed by atoms with Crippen LogP contribution in [0.3, 0.4) is 0 Å². The van der Waals surface area contributed by atoms with Gasteiger partial charge in [0.1, 0.15) is 0 Å². The molecule has 0 spiro atoms. The zero-order valence-corrected chi connectivity index (χ0v) is 15.0. The fourth-order valence-electron chi connectivity index (χ4n) is 2.86. The number of thiocarbonyl (C=S) groups is 1. The summed E-state index contributed by atoms with van der Waals surface area (Å²) in [5, 5.41) is 7.15. The first-order valence-corrected chi connectivity index (χ1v) is 8.61. The maximum Gasteiger partial charge on any atom is 0.175 e. The molecule has 0 bridgehead atoms. The Morgan fingerprint density at radius 3 is 2.21 bits per heavy atom. The summed E-state index contributed by atoms with van der Waals surface area (Å²) in [4.78, 5) is 2.33. The molecule has 24 heavy (non-hydrogen) atoms. The number of benzene rings is 2. The van der Waals surface area contributed by atoms with Gasteiger partial charge in [-0.3, -0.25) is 0 Å². The number of nitrogens with one attached hydrogen (secondary N) is 2. The molecule has 2 aromatic rings. The van der Waals surface area contributed by atoms with Crippen molar-refractivity contribution in [2.75, 3.05) is 41.8 Å². The van der Waals surface area contributed by atoms with Gasteiger partial charge in [0.25, 0.3) is 0 Å². The summed E-state index contributed by atoms with van der Waals surface area (Å²) in [6, 6.07) is 14.6. The average molecular weight is 341 g/mol. The van der Waals surface area contributed by atoms with E-state index in [1.54, 1.807) is 0 Å². The fourth-order valence-corrected chi connectivity index (χ4v) is 3.08. The van der Waals surface area contributed by atoms with Crippen LogP contribution in [0.15, 0.2) is 42.5 Å². The van der Waals surface area contributed by atoms with Gasteiger partial charge in [-0.2, -0.15) is 0 Å². The van der Waals surface area contributed by atoms with Gasteiger partial charge < -0.3 is 20.3 Å². The molecule has 1 saturated heterocycles. The van der Waals surface area contributed by atoms with E-state index in [4.69, 9.17) is 17.0 Å². The Bertz CT molecular complexity index is 689. The van der Waals surface area contributed by atoms with Crippen LogP contribution in [0.25, 0.3) is 0 Å². The second kappa shape index (κ2) is 7.64. The van der Waals surface area contributed by atoms with Crippen molar-refractivity contribution in [3.8, 4) is 0 Å². The van der Waals surface area contributed by atoms with E-state index in [0.29, 0.717) is 5.11 Å². The Labute approximate surface area is 148 Å². The zero-order valence-electron chi connectivity index (χ0n) is 14.1. The van der Waals surface area contributed by atoms with E-state index in [2.05, 4.69) is 71.8 Å². The lowest BCUT2D eigenvalue weighted by atomic mass is 10.1. The molecule has 0 amide bonds. The van der Waals surface area contributed by atoms with E-state index in [0.717, 1.165) is 37.7 Å². The Morgan fingerprint density at radius 2 is 1.58 bits per heavy atom. The van der Waals surface area contributed by atoms with Crippen LogP contribution < -0.4 is 15.5 Å². The standard InChI is InChI=1S/C19H23N3OS/c1-14-4-3-5-15(2)18(14)21-19(24)20-16-6-8-17(9-7-16)22-10-12-23-13-11-22/h3-9H,10-13H2,1-2H3,(H2,20,21,24). The van der Waals surface area contributed by atoms with Crippen molar-refractivity contribution in [3.05, 3.63) is 53.6 Å². The topological polar surface area (TPSA) is 36.5 Å². The maximum atomic E-state index is 5.45. The molecule has 1 heterocycles. The molecule has 0 atom stereocenters. The molecule has 0 radical (unpaired) electrons. The predicted molar refractivity (Wildman–Crippen MR) is 105 cm³/mol. The van der Waals surface area contributed by atoms with Crippen molar-refractivity contribution < 1.29 is 4.74 Å². The predicted octanol–water partition coefficient (Wildman–Crippen LogP) is 3.95. The average Bonchev–Trinajstić information content (AvgIpc) is 2.60. The molecule has 1 aliphatic heterocycles. The summed E-state index contributed by atoms with van der Waals surface area (Å²) in [5.41, 5.74) is 5.64. The Balaban J connectivity index is 1.62. The molecule has 1 aliphatic rings. The summed E-state index contributed by atoms with van der Waals surface area (Å²) in [6.45, 7) is 7.64. The van der Waals surface area contributed by atoms with Crippen molar-refractivity contribution >= 4 is 34.4 Å². The van der Waals surface area contributed by atoms with E-state index in [1.165, 1.54) is 16.8 Å². The number of para-hydroxylation sites is 1. The first-order chi connectivity index (χ1) is 11.6. The highest BCUT2D eigenvalue weighted by Gasteiger charge is 2.11. The molecule has 0 unspecified atom stereocenters. The molecule has 0 aromatic heterocycles. The van der Waals surface area contributed by atoms with Crippen LogP contribution in [0.5, 0.6) is 0 Å². The highest BCUT2D eigenvalue weighted by Crippen LogP contribution is 2.21. The van der Waals surface area contributed by atoms with Crippen molar-refractivity contribution in [1.29, 1.82) is 0 Å². The van der Waals surface area contributed by atoms with Crippen LogP contribution >= 0.6 is 12.2 Å². The molecular formula is C19H23N3OS. The Kier molecular flexibility index (Phi) is 5.33. The van der Waals surface area contributed by atoms with Crippen LogP contribution in [0, 0.1) is 13.8 Å². The van der Waals surface area contributed by atoms with Gasteiger partial charge in [0.05, 0.1) is 13.2 Å². The van der Waals surface area contributed by atoms with Crippen molar-refractivity contribution in [1.82, 2.24) is 0 Å². The number of rotatable bonds is 3. The van der Waals surface area contributed by atoms with Crippen molar-refractivity contribution in [2.24, 2.45) is 0 Å². The minimum absolute atomic E-state index is 0.603. The lowest BCUT2D eigenvalue weighted by Crippen LogP contribution is -2.36. The highest BCUT2D eigenvalue weighted by atomic mass is 32.1. The summed E-state index contributed by atoms with van der Waals surface area (Å²) >= 11 is 5.45. The maximum absolute atomic E-state index is 5.45. The summed E-state index contributed by atoms with van der Waals surface area (Å²) in [6.07, 6.45) is 0. The molecular weight excluding hydrogens is 318 g/mol. The van der Waals surface area contributed by atoms with Crippen LogP contribution in [-0.4, -0.2) is 31.4 Å². The molecule has 126 valence electrons. The van der Waals surface area contributed by atoms with E-state index in [1.807, 2.05) is 0 Å². The summed E-state index contributed by atoms with van der Waals surface area (Å²) < 4.78 is 5.39. The van der Waals surface area contributed by atoms with Gasteiger partial charge in [-0.25, -0.2) is 0 Å². The zero-order chi connectivity index (χ0) is 16.9. The van der Waals surface area contributed by atoms with Gasteiger partial charge in [-0.05, 0) is 61.5 Å². The number of hydrogen-bond acceptors (Lipinski definition) is 3. The Morgan fingerprint density at radius 1 is 0.958 bits per heavy atom. The van der Waals surface area contributed by atoms with E-state index < -0.39 is 0 Å². The largest absolute Gasteiger partial charge is 0.378 e. The molecule has 0 aliphatic carbocycles. The number of ether oxygens (including phenoxy) is 1. The molecule has 3 rings (SSSR count). The molecule has 5 heteroatoms. The van der Waals surface area contributed by atoms with Crippen LogP contribution in [0.4, 0.5) is 17.1 Å². The SMILES string of the molecule is Cc1cccc(C)c1NC(=S)Nc1ccc(N2CCOCC2)cc1. The summed E-state index contributed by atoms with van der Waals surface area (Å²) in [7, 11) is 0. The number of anilines is 3. The molecule has 2 N–H and O–H groups in total. The lowest BCUT2D eigenvalue weighted by molar-refractivity contribution is 0.122.